The number of fused-ring (bicyclic) bond motifs is 1. The molecule has 5 heteroatoms. The number of carbonyl (C=O) groups is 1. The van der Waals surface area contributed by atoms with Crippen LogP contribution in [0.4, 0.5) is 0 Å². The summed E-state index contributed by atoms with van der Waals surface area (Å²) in [5, 5.41) is 2.95. The molecule has 1 saturated carbocycles. The summed E-state index contributed by atoms with van der Waals surface area (Å²) >= 11 is 1.72. The Morgan fingerprint density at radius 3 is 2.94 bits per heavy atom. The second-order valence-corrected chi connectivity index (χ2v) is 6.51. The maximum Gasteiger partial charge on any atom is 0.241 e. The number of hydrogen-bond donors (Lipinski definition) is 2. The maximum atomic E-state index is 12.3. The zero-order valence-electron chi connectivity index (χ0n) is 10.8. The minimum atomic E-state index is -0.757. The molecule has 3 N–H and O–H groups in total. The van der Waals surface area contributed by atoms with Gasteiger partial charge in [-0.15, -0.1) is 0 Å². The van der Waals surface area contributed by atoms with E-state index in [4.69, 9.17) is 10.5 Å². The van der Waals surface area contributed by atoms with Crippen molar-refractivity contribution in [3.63, 3.8) is 0 Å². The summed E-state index contributed by atoms with van der Waals surface area (Å²) in [5.41, 5.74) is 5.37. The van der Waals surface area contributed by atoms with Crippen LogP contribution in [0.3, 0.4) is 0 Å². The summed E-state index contributed by atoms with van der Waals surface area (Å²) in [7, 11) is 0. The summed E-state index contributed by atoms with van der Waals surface area (Å²) in [5.74, 6) is 1.10. The number of nitrogens with one attached hydrogen (secondary N) is 1. The van der Waals surface area contributed by atoms with E-state index in [0.717, 1.165) is 18.8 Å². The predicted molar refractivity (Wildman–Crippen MR) is 69.9 cm³/mol. The van der Waals surface area contributed by atoms with Crippen molar-refractivity contribution < 1.29 is 9.53 Å². The van der Waals surface area contributed by atoms with Crippen molar-refractivity contribution in [2.24, 2.45) is 17.1 Å². The first-order valence-electron chi connectivity index (χ1n) is 6.14. The zero-order valence-corrected chi connectivity index (χ0v) is 11.6. The Hall–Kier alpha value is -0.260. The average molecular weight is 258 g/mol. The second-order valence-electron chi connectivity index (χ2n) is 5.53. The Labute approximate surface area is 107 Å². The number of thioether (sulfide) groups is 1. The fraction of sp³-hybridized carbons (Fsp3) is 0.917. The monoisotopic (exact) mass is 258 g/mol. The van der Waals surface area contributed by atoms with Crippen LogP contribution in [0.1, 0.15) is 20.3 Å². The first kappa shape index (κ1) is 13.2. The molecule has 98 valence electrons. The van der Waals surface area contributed by atoms with Gasteiger partial charge in [0, 0.05) is 30.2 Å². The molecule has 0 radical (unpaired) electrons. The number of amides is 1. The number of rotatable bonds is 4. The normalized spacial score (nSPS) is 38.4. The van der Waals surface area contributed by atoms with Crippen molar-refractivity contribution >= 4 is 17.7 Å². The van der Waals surface area contributed by atoms with E-state index in [0.29, 0.717) is 6.54 Å². The highest BCUT2D eigenvalue weighted by atomic mass is 32.2. The van der Waals surface area contributed by atoms with Gasteiger partial charge in [-0.1, -0.05) is 13.8 Å². The van der Waals surface area contributed by atoms with Crippen molar-refractivity contribution in [3.05, 3.63) is 0 Å². The van der Waals surface area contributed by atoms with Crippen LogP contribution in [-0.4, -0.2) is 42.7 Å². The molecule has 0 aromatic heterocycles. The Bertz CT molecular complexity index is 322. The molecule has 1 aliphatic heterocycles. The molecule has 0 bridgehead atoms. The molecule has 0 aromatic carbocycles. The Morgan fingerprint density at radius 2 is 2.29 bits per heavy atom. The maximum absolute atomic E-state index is 12.3. The van der Waals surface area contributed by atoms with Gasteiger partial charge in [0.2, 0.25) is 5.91 Å². The molecule has 1 amide bonds. The molecule has 2 fully saturated rings. The van der Waals surface area contributed by atoms with Gasteiger partial charge in [0.1, 0.15) is 5.54 Å². The molecule has 1 saturated heterocycles. The number of nitrogens with two attached hydrogens (primary N) is 1. The van der Waals surface area contributed by atoms with Crippen LogP contribution in [0.2, 0.25) is 0 Å². The highest BCUT2D eigenvalue weighted by molar-refractivity contribution is 7.98. The molecule has 1 aliphatic carbocycles. The predicted octanol–water partition coefficient (Wildman–Crippen LogP) is 0.608. The lowest BCUT2D eigenvalue weighted by Crippen LogP contribution is -2.80. The van der Waals surface area contributed by atoms with Crippen molar-refractivity contribution in [2.45, 2.75) is 31.9 Å². The number of hydrogen-bond acceptors (Lipinski definition) is 4. The lowest BCUT2D eigenvalue weighted by molar-refractivity contribution is -0.175. The van der Waals surface area contributed by atoms with Crippen molar-refractivity contribution in [1.29, 1.82) is 0 Å². The molecule has 17 heavy (non-hydrogen) atoms. The first-order valence-corrected chi connectivity index (χ1v) is 7.53. The van der Waals surface area contributed by atoms with Gasteiger partial charge >= 0.3 is 0 Å². The third-order valence-corrected chi connectivity index (χ3v) is 5.03. The summed E-state index contributed by atoms with van der Waals surface area (Å²) in [6.45, 7) is 5.49. The highest BCUT2D eigenvalue weighted by Gasteiger charge is 2.71. The van der Waals surface area contributed by atoms with Crippen LogP contribution in [0.25, 0.3) is 0 Å². The van der Waals surface area contributed by atoms with E-state index in [1.54, 1.807) is 11.8 Å². The highest BCUT2D eigenvalue weighted by Crippen LogP contribution is 2.58. The van der Waals surface area contributed by atoms with Gasteiger partial charge in [-0.3, -0.25) is 4.79 Å². The summed E-state index contributed by atoms with van der Waals surface area (Å²) in [6, 6.07) is 0. The van der Waals surface area contributed by atoms with Gasteiger partial charge in [0.05, 0.1) is 6.10 Å². The van der Waals surface area contributed by atoms with Crippen LogP contribution in [0.15, 0.2) is 0 Å². The molecule has 2 rings (SSSR count). The fourth-order valence-electron chi connectivity index (χ4n) is 3.26. The van der Waals surface area contributed by atoms with Crippen LogP contribution in [-0.2, 0) is 9.53 Å². The standard InChI is InChI=1S/C12H22N2O2S/c1-11(2)9-8(4-6-16-9)12(11,13)10(15)14-5-7-17-3/h8-9H,4-7,13H2,1-3H3,(H,14,15). The quantitative estimate of drug-likeness (QED) is 0.725. The SMILES string of the molecule is CSCCNC(=O)C1(N)C2CCOC2C1(C)C. The number of ether oxygens (including phenoxy) is 1. The minimum Gasteiger partial charge on any atom is -0.377 e. The van der Waals surface area contributed by atoms with E-state index in [-0.39, 0.29) is 23.3 Å². The number of carbonyl (C=O) groups excluding carboxylic acids is 1. The molecule has 3 atom stereocenters. The molecule has 0 aromatic rings. The Balaban J connectivity index is 2.05. The second kappa shape index (κ2) is 4.44. The van der Waals surface area contributed by atoms with Crippen LogP contribution < -0.4 is 11.1 Å². The third kappa shape index (κ3) is 1.71. The van der Waals surface area contributed by atoms with E-state index < -0.39 is 5.54 Å². The van der Waals surface area contributed by atoms with Crippen LogP contribution >= 0.6 is 11.8 Å². The van der Waals surface area contributed by atoms with Gasteiger partial charge in [-0.2, -0.15) is 11.8 Å². The molecular weight excluding hydrogens is 236 g/mol. The van der Waals surface area contributed by atoms with Gasteiger partial charge in [0.15, 0.2) is 0 Å². The molecule has 3 unspecified atom stereocenters. The van der Waals surface area contributed by atoms with Crippen molar-refractivity contribution in [3.8, 4) is 0 Å². The largest absolute Gasteiger partial charge is 0.377 e. The topological polar surface area (TPSA) is 64.4 Å². The van der Waals surface area contributed by atoms with E-state index >= 15 is 0 Å². The van der Waals surface area contributed by atoms with Crippen molar-refractivity contribution in [2.75, 3.05) is 25.2 Å². The van der Waals surface area contributed by atoms with E-state index in [9.17, 15) is 4.79 Å². The van der Waals surface area contributed by atoms with Crippen LogP contribution in [0, 0.1) is 11.3 Å². The summed E-state index contributed by atoms with van der Waals surface area (Å²) < 4.78 is 5.67. The fourth-order valence-corrected chi connectivity index (χ4v) is 3.56. The average Bonchev–Trinajstić information content (AvgIpc) is 2.75. The smallest absolute Gasteiger partial charge is 0.241 e. The molecule has 4 nitrogen and oxygen atoms in total. The van der Waals surface area contributed by atoms with Gasteiger partial charge < -0.3 is 15.8 Å². The van der Waals surface area contributed by atoms with Crippen LogP contribution in [0.5, 0.6) is 0 Å². The van der Waals surface area contributed by atoms with Gasteiger partial charge in [-0.05, 0) is 12.7 Å². The minimum absolute atomic E-state index is 0.0108. The first-order chi connectivity index (χ1) is 7.96. The lowest BCUT2D eigenvalue weighted by atomic mass is 9.48. The summed E-state index contributed by atoms with van der Waals surface area (Å²) in [6.07, 6.45) is 3.08. The van der Waals surface area contributed by atoms with Gasteiger partial charge in [-0.25, -0.2) is 0 Å². The lowest BCUT2D eigenvalue weighted by Gasteiger charge is -2.60. The Morgan fingerprint density at radius 1 is 1.59 bits per heavy atom. The van der Waals surface area contributed by atoms with E-state index in [1.165, 1.54) is 0 Å². The molecule has 0 spiro atoms. The molecule has 2 aliphatic rings. The molecule has 1 heterocycles. The Kier molecular flexibility index (Phi) is 3.45. The van der Waals surface area contributed by atoms with E-state index in [2.05, 4.69) is 5.32 Å². The van der Waals surface area contributed by atoms with Crippen molar-refractivity contribution in [1.82, 2.24) is 5.32 Å². The summed E-state index contributed by atoms with van der Waals surface area (Å²) in [4.78, 5) is 12.3. The zero-order chi connectivity index (χ0) is 12.7. The third-order valence-electron chi connectivity index (χ3n) is 4.42. The van der Waals surface area contributed by atoms with Gasteiger partial charge in [0.25, 0.3) is 0 Å². The molecular formula is C12H22N2O2S. The van der Waals surface area contributed by atoms with E-state index in [1.807, 2.05) is 20.1 Å².